The van der Waals surface area contributed by atoms with E-state index in [-0.39, 0.29) is 28.4 Å². The molecule has 4 N–H and O–H groups in total. The summed E-state index contributed by atoms with van der Waals surface area (Å²) >= 11 is 0. The second-order valence-corrected chi connectivity index (χ2v) is 4.47. The van der Waals surface area contributed by atoms with Crippen LogP contribution in [-0.2, 0) is 0 Å². The number of benzene rings is 1. The van der Waals surface area contributed by atoms with E-state index in [1.807, 2.05) is 20.8 Å². The van der Waals surface area contributed by atoms with Gasteiger partial charge in [-0.2, -0.15) is 0 Å². The highest BCUT2D eigenvalue weighted by Crippen LogP contribution is 2.25. The molecule has 1 rings (SSSR count). The van der Waals surface area contributed by atoms with E-state index < -0.39 is 0 Å². The van der Waals surface area contributed by atoms with Crippen molar-refractivity contribution in [2.45, 2.75) is 39.2 Å². The smallest absolute Gasteiger partial charge is 0.255 e. The fourth-order valence-corrected chi connectivity index (χ4v) is 1.51. The second-order valence-electron chi connectivity index (χ2n) is 4.47. The van der Waals surface area contributed by atoms with Gasteiger partial charge in [0, 0.05) is 5.54 Å². The molecule has 0 aliphatic carbocycles. The molecule has 0 spiro atoms. The Morgan fingerprint density at radius 1 is 1.41 bits per heavy atom. The molecule has 0 saturated carbocycles. The second kappa shape index (κ2) is 5.08. The maximum atomic E-state index is 12.0. The van der Waals surface area contributed by atoms with Crippen LogP contribution in [0.2, 0.25) is 0 Å². The summed E-state index contributed by atoms with van der Waals surface area (Å²) in [6, 6.07) is 4.77. The van der Waals surface area contributed by atoms with Crippen molar-refractivity contribution in [3.63, 3.8) is 0 Å². The first kappa shape index (κ1) is 13.4. The lowest BCUT2D eigenvalue weighted by atomic mass is 9.95. The summed E-state index contributed by atoms with van der Waals surface area (Å²) in [5, 5.41) is 12.6. The number of hydrogen-bond donors (Lipinski definition) is 3. The van der Waals surface area contributed by atoms with Crippen LogP contribution in [0.25, 0.3) is 0 Å². The highest BCUT2D eigenvalue weighted by Gasteiger charge is 2.24. The van der Waals surface area contributed by atoms with Gasteiger partial charge in [-0.3, -0.25) is 4.79 Å². The minimum atomic E-state index is -0.291. The molecular formula is C13H20N2O2. The Labute approximate surface area is 102 Å². The van der Waals surface area contributed by atoms with E-state index in [0.717, 1.165) is 12.8 Å². The van der Waals surface area contributed by atoms with Crippen LogP contribution in [0.4, 0.5) is 5.69 Å². The number of aromatic hydroxyl groups is 1. The van der Waals surface area contributed by atoms with Crippen molar-refractivity contribution in [1.82, 2.24) is 5.32 Å². The highest BCUT2D eigenvalue weighted by molar-refractivity contribution is 5.98. The van der Waals surface area contributed by atoms with Gasteiger partial charge in [0.1, 0.15) is 0 Å². The summed E-state index contributed by atoms with van der Waals surface area (Å²) < 4.78 is 0. The molecule has 4 heteroatoms. The Morgan fingerprint density at radius 2 is 2.00 bits per heavy atom. The van der Waals surface area contributed by atoms with Crippen LogP contribution < -0.4 is 11.1 Å². The zero-order chi connectivity index (χ0) is 13.1. The molecule has 0 aliphatic rings. The van der Waals surface area contributed by atoms with Crippen LogP contribution in [0.15, 0.2) is 18.2 Å². The molecule has 94 valence electrons. The van der Waals surface area contributed by atoms with Gasteiger partial charge >= 0.3 is 0 Å². The van der Waals surface area contributed by atoms with E-state index in [4.69, 9.17) is 5.73 Å². The monoisotopic (exact) mass is 236 g/mol. The SMILES string of the molecule is CCC(C)(CC)NC(=O)c1cccc(N)c1O. The molecule has 0 radical (unpaired) electrons. The number of para-hydroxylation sites is 1. The Balaban J connectivity index is 2.94. The van der Waals surface area contributed by atoms with Crippen molar-refractivity contribution >= 4 is 11.6 Å². The summed E-state index contributed by atoms with van der Waals surface area (Å²) in [6.45, 7) is 6.01. The quantitative estimate of drug-likeness (QED) is 0.554. The maximum absolute atomic E-state index is 12.0. The zero-order valence-corrected chi connectivity index (χ0v) is 10.6. The highest BCUT2D eigenvalue weighted by atomic mass is 16.3. The molecular weight excluding hydrogens is 216 g/mol. The van der Waals surface area contributed by atoms with Crippen LogP contribution in [-0.4, -0.2) is 16.6 Å². The first-order valence-electron chi connectivity index (χ1n) is 5.83. The van der Waals surface area contributed by atoms with Gasteiger partial charge in [0.15, 0.2) is 5.75 Å². The number of anilines is 1. The Hall–Kier alpha value is -1.71. The number of phenolic OH excluding ortho intramolecular Hbond substituents is 1. The van der Waals surface area contributed by atoms with Gasteiger partial charge in [-0.05, 0) is 31.9 Å². The summed E-state index contributed by atoms with van der Waals surface area (Å²) in [5.41, 5.74) is 5.74. The van der Waals surface area contributed by atoms with E-state index in [1.165, 1.54) is 0 Å². The topological polar surface area (TPSA) is 75.4 Å². The fourth-order valence-electron chi connectivity index (χ4n) is 1.51. The van der Waals surface area contributed by atoms with Crippen LogP contribution in [0, 0.1) is 0 Å². The molecule has 0 aromatic heterocycles. The number of nitrogens with one attached hydrogen (secondary N) is 1. The Morgan fingerprint density at radius 3 is 2.53 bits per heavy atom. The van der Waals surface area contributed by atoms with Crippen LogP contribution in [0.5, 0.6) is 5.75 Å². The van der Waals surface area contributed by atoms with E-state index in [1.54, 1.807) is 18.2 Å². The van der Waals surface area contributed by atoms with Gasteiger partial charge in [0.05, 0.1) is 11.3 Å². The molecule has 0 fully saturated rings. The molecule has 0 saturated heterocycles. The van der Waals surface area contributed by atoms with Crippen LogP contribution >= 0.6 is 0 Å². The molecule has 0 heterocycles. The molecule has 17 heavy (non-hydrogen) atoms. The normalized spacial score (nSPS) is 11.2. The van der Waals surface area contributed by atoms with Gasteiger partial charge in [0.25, 0.3) is 5.91 Å². The summed E-state index contributed by atoms with van der Waals surface area (Å²) in [5.74, 6) is -0.444. The van der Waals surface area contributed by atoms with Gasteiger partial charge in [0.2, 0.25) is 0 Å². The molecule has 0 unspecified atom stereocenters. The lowest BCUT2D eigenvalue weighted by Gasteiger charge is -2.28. The van der Waals surface area contributed by atoms with E-state index >= 15 is 0 Å². The van der Waals surface area contributed by atoms with Crippen molar-refractivity contribution in [2.75, 3.05) is 5.73 Å². The predicted molar refractivity (Wildman–Crippen MR) is 69.0 cm³/mol. The number of hydrogen-bond acceptors (Lipinski definition) is 3. The predicted octanol–water partition coefficient (Wildman–Crippen LogP) is 2.28. The minimum absolute atomic E-state index is 0.153. The van der Waals surface area contributed by atoms with E-state index in [0.29, 0.717) is 0 Å². The summed E-state index contributed by atoms with van der Waals surface area (Å²) in [7, 11) is 0. The third-order valence-corrected chi connectivity index (χ3v) is 3.29. The van der Waals surface area contributed by atoms with Gasteiger partial charge in [-0.25, -0.2) is 0 Å². The van der Waals surface area contributed by atoms with Crippen LogP contribution in [0.3, 0.4) is 0 Å². The number of carbonyl (C=O) groups is 1. The largest absolute Gasteiger partial charge is 0.505 e. The molecule has 4 nitrogen and oxygen atoms in total. The number of carbonyl (C=O) groups excluding carboxylic acids is 1. The maximum Gasteiger partial charge on any atom is 0.255 e. The van der Waals surface area contributed by atoms with E-state index in [9.17, 15) is 9.90 Å². The summed E-state index contributed by atoms with van der Waals surface area (Å²) in [4.78, 5) is 12.0. The molecule has 1 amide bonds. The van der Waals surface area contributed by atoms with E-state index in [2.05, 4.69) is 5.32 Å². The zero-order valence-electron chi connectivity index (χ0n) is 10.6. The number of nitrogens with two attached hydrogens (primary N) is 1. The molecule has 0 aliphatic heterocycles. The van der Waals surface area contributed by atoms with Gasteiger partial charge in [-0.15, -0.1) is 0 Å². The Bertz CT molecular complexity index is 412. The van der Waals surface area contributed by atoms with Gasteiger partial charge in [-0.1, -0.05) is 19.9 Å². The minimum Gasteiger partial charge on any atom is -0.505 e. The standard InChI is InChI=1S/C13H20N2O2/c1-4-13(3,5-2)15-12(17)9-7-6-8-10(14)11(9)16/h6-8,16H,4-5,14H2,1-3H3,(H,15,17). The number of amides is 1. The first-order chi connectivity index (χ1) is 7.93. The average Bonchev–Trinajstić information content (AvgIpc) is 2.32. The molecule has 0 atom stereocenters. The van der Waals surface area contributed by atoms with Crippen molar-refractivity contribution in [3.8, 4) is 5.75 Å². The van der Waals surface area contributed by atoms with Gasteiger partial charge < -0.3 is 16.2 Å². The fraction of sp³-hybridized carbons (Fsp3) is 0.462. The third-order valence-electron chi connectivity index (χ3n) is 3.29. The van der Waals surface area contributed by atoms with Crippen molar-refractivity contribution in [3.05, 3.63) is 23.8 Å². The average molecular weight is 236 g/mol. The van der Waals surface area contributed by atoms with Crippen molar-refractivity contribution < 1.29 is 9.90 Å². The van der Waals surface area contributed by atoms with Crippen molar-refractivity contribution in [2.24, 2.45) is 0 Å². The molecule has 1 aromatic rings. The summed E-state index contributed by atoms with van der Waals surface area (Å²) in [6.07, 6.45) is 1.66. The third kappa shape index (κ3) is 2.90. The van der Waals surface area contributed by atoms with Crippen LogP contribution in [0.1, 0.15) is 44.0 Å². The number of phenols is 1. The Kier molecular flexibility index (Phi) is 3.99. The molecule has 0 bridgehead atoms. The first-order valence-corrected chi connectivity index (χ1v) is 5.83. The lowest BCUT2D eigenvalue weighted by molar-refractivity contribution is 0.0898. The number of nitrogen functional groups attached to an aromatic ring is 1. The van der Waals surface area contributed by atoms with Crippen molar-refractivity contribution in [1.29, 1.82) is 0 Å². The lowest BCUT2D eigenvalue weighted by Crippen LogP contribution is -2.44. The molecule has 1 aromatic carbocycles. The number of rotatable bonds is 4.